The van der Waals surface area contributed by atoms with Crippen LogP contribution >= 0.6 is 0 Å². The maximum absolute atomic E-state index is 12.9. The molecule has 1 fully saturated rings. The largest absolute Gasteiger partial charge is 0.416 e. The highest BCUT2D eigenvalue weighted by molar-refractivity contribution is 5.83. The molecule has 1 saturated heterocycles. The summed E-state index contributed by atoms with van der Waals surface area (Å²) in [6, 6.07) is 14.1. The van der Waals surface area contributed by atoms with Gasteiger partial charge in [0.2, 0.25) is 5.91 Å². The van der Waals surface area contributed by atoms with Crippen LogP contribution in [0, 0.1) is 11.3 Å². The minimum Gasteiger partial charge on any atom is -0.337 e. The van der Waals surface area contributed by atoms with Crippen LogP contribution < -0.4 is 5.32 Å². The molecule has 4 rings (SSSR count). The third-order valence-electron chi connectivity index (χ3n) is 5.69. The molecule has 0 unspecified atom stereocenters. The number of carbonyl (C=O) groups excluding carboxylic acids is 1. The number of rotatable bonds is 7. The number of likely N-dealkylation sites (tertiary alicyclic amines) is 1. The monoisotopic (exact) mass is 453 g/mol. The number of nitrogens with one attached hydrogen (secondary N) is 1. The lowest BCUT2D eigenvalue weighted by Gasteiger charge is -2.18. The lowest BCUT2D eigenvalue weighted by molar-refractivity contribution is -0.137. The van der Waals surface area contributed by atoms with E-state index in [0.717, 1.165) is 23.4 Å². The topological polar surface area (TPSA) is 74.0 Å². The van der Waals surface area contributed by atoms with Gasteiger partial charge in [0.25, 0.3) is 0 Å². The predicted molar refractivity (Wildman–Crippen MR) is 115 cm³/mol. The lowest BCUT2D eigenvalue weighted by Crippen LogP contribution is -2.38. The fraction of sp³-hybridized carbons (Fsp3) is 0.292. The quantitative estimate of drug-likeness (QED) is 0.592. The summed E-state index contributed by atoms with van der Waals surface area (Å²) < 4.78 is 40.8. The van der Waals surface area contributed by atoms with Crippen molar-refractivity contribution in [1.29, 1.82) is 5.26 Å². The fourth-order valence-corrected chi connectivity index (χ4v) is 3.90. The second-order valence-corrected chi connectivity index (χ2v) is 8.00. The Kier molecular flexibility index (Phi) is 6.47. The molecule has 3 aromatic rings. The molecule has 1 atom stereocenters. The van der Waals surface area contributed by atoms with Gasteiger partial charge in [-0.15, -0.1) is 0 Å². The Morgan fingerprint density at radius 3 is 2.64 bits per heavy atom. The molecule has 0 spiro atoms. The number of halogens is 3. The standard InChI is InChI=1S/C24H22F3N5O/c25-24(26,27)20-3-1-2-19(10-20)15-31-9-8-22(23(31)33)30-13-21-12-29-16-32(21)14-18-6-4-17(11-28)5-7-18/h1-7,10,12,16,22,30H,8-9,13-15H2/t22-/m0/s1. The molecule has 0 bridgehead atoms. The predicted octanol–water partition coefficient (Wildman–Crippen LogP) is 3.71. The van der Waals surface area contributed by atoms with E-state index in [4.69, 9.17) is 5.26 Å². The summed E-state index contributed by atoms with van der Waals surface area (Å²) in [6.45, 7) is 1.65. The second kappa shape index (κ2) is 9.46. The van der Waals surface area contributed by atoms with E-state index in [2.05, 4.69) is 16.4 Å². The molecule has 0 radical (unpaired) electrons. The van der Waals surface area contributed by atoms with Gasteiger partial charge in [-0.05, 0) is 41.8 Å². The molecular formula is C24H22F3N5O. The molecule has 2 aromatic carbocycles. The highest BCUT2D eigenvalue weighted by Gasteiger charge is 2.33. The number of imidazole rings is 1. The molecule has 1 aliphatic heterocycles. The Bertz CT molecular complexity index is 1160. The van der Waals surface area contributed by atoms with Crippen molar-refractivity contribution in [2.45, 2.75) is 38.3 Å². The first-order valence-corrected chi connectivity index (χ1v) is 10.5. The average molecular weight is 453 g/mol. The Balaban J connectivity index is 1.34. The van der Waals surface area contributed by atoms with Gasteiger partial charge in [0, 0.05) is 32.4 Å². The molecule has 33 heavy (non-hydrogen) atoms. The van der Waals surface area contributed by atoms with Crippen LogP contribution in [0.1, 0.15) is 34.4 Å². The third-order valence-corrected chi connectivity index (χ3v) is 5.69. The van der Waals surface area contributed by atoms with Crippen molar-refractivity contribution >= 4 is 5.91 Å². The molecular weight excluding hydrogens is 431 g/mol. The van der Waals surface area contributed by atoms with Crippen molar-refractivity contribution in [1.82, 2.24) is 19.8 Å². The number of nitrogens with zero attached hydrogens (tertiary/aromatic N) is 4. The summed E-state index contributed by atoms with van der Waals surface area (Å²) in [5.41, 5.74) is 2.28. The number of hydrogen-bond acceptors (Lipinski definition) is 4. The number of carbonyl (C=O) groups is 1. The zero-order chi connectivity index (χ0) is 23.4. The average Bonchev–Trinajstić information content (AvgIpc) is 3.38. The van der Waals surface area contributed by atoms with Crippen molar-refractivity contribution < 1.29 is 18.0 Å². The number of amides is 1. The van der Waals surface area contributed by atoms with Gasteiger partial charge in [-0.1, -0.05) is 24.3 Å². The number of nitriles is 1. The smallest absolute Gasteiger partial charge is 0.337 e. The summed E-state index contributed by atoms with van der Waals surface area (Å²) in [4.78, 5) is 18.6. The molecule has 0 saturated carbocycles. The van der Waals surface area contributed by atoms with Crippen molar-refractivity contribution in [2.75, 3.05) is 6.54 Å². The molecule has 1 N–H and O–H groups in total. The molecule has 1 aromatic heterocycles. The summed E-state index contributed by atoms with van der Waals surface area (Å²) in [7, 11) is 0. The van der Waals surface area contributed by atoms with Crippen LogP contribution in [-0.4, -0.2) is 32.9 Å². The van der Waals surface area contributed by atoms with Crippen molar-refractivity contribution in [3.63, 3.8) is 0 Å². The molecule has 1 aliphatic rings. The Morgan fingerprint density at radius 1 is 1.12 bits per heavy atom. The van der Waals surface area contributed by atoms with Crippen LogP contribution in [0.2, 0.25) is 0 Å². The second-order valence-electron chi connectivity index (χ2n) is 8.00. The number of aromatic nitrogens is 2. The van der Waals surface area contributed by atoms with Crippen LogP contribution in [0.3, 0.4) is 0 Å². The molecule has 1 amide bonds. The van der Waals surface area contributed by atoms with Gasteiger partial charge in [0.15, 0.2) is 0 Å². The van der Waals surface area contributed by atoms with E-state index in [1.165, 1.54) is 6.07 Å². The van der Waals surface area contributed by atoms with E-state index in [1.807, 2.05) is 16.7 Å². The SMILES string of the molecule is N#Cc1ccc(Cn2cncc2CN[C@H]2CCN(Cc3cccc(C(F)(F)F)c3)C2=O)cc1. The number of hydrogen-bond donors (Lipinski definition) is 1. The summed E-state index contributed by atoms with van der Waals surface area (Å²) in [6.07, 6.45) is -0.376. The lowest BCUT2D eigenvalue weighted by atomic mass is 10.1. The zero-order valence-corrected chi connectivity index (χ0v) is 17.7. The summed E-state index contributed by atoms with van der Waals surface area (Å²) >= 11 is 0. The maximum Gasteiger partial charge on any atom is 0.416 e. The fourth-order valence-electron chi connectivity index (χ4n) is 3.90. The molecule has 2 heterocycles. The highest BCUT2D eigenvalue weighted by atomic mass is 19.4. The van der Waals surface area contributed by atoms with Crippen LogP contribution in [-0.2, 0) is 30.6 Å². The Labute approximate surface area is 189 Å². The zero-order valence-electron chi connectivity index (χ0n) is 17.7. The minimum absolute atomic E-state index is 0.120. The summed E-state index contributed by atoms with van der Waals surface area (Å²) in [5, 5.41) is 12.2. The van der Waals surface area contributed by atoms with E-state index >= 15 is 0 Å². The molecule has 6 nitrogen and oxygen atoms in total. The van der Waals surface area contributed by atoms with Gasteiger partial charge in [0.1, 0.15) is 0 Å². The normalized spacial score (nSPS) is 16.2. The van der Waals surface area contributed by atoms with E-state index in [0.29, 0.717) is 37.2 Å². The number of benzene rings is 2. The first kappa shape index (κ1) is 22.6. The first-order chi connectivity index (χ1) is 15.8. The Hall–Kier alpha value is -3.64. The van der Waals surface area contributed by atoms with Gasteiger partial charge in [-0.2, -0.15) is 18.4 Å². The van der Waals surface area contributed by atoms with E-state index in [9.17, 15) is 18.0 Å². The van der Waals surface area contributed by atoms with E-state index < -0.39 is 17.8 Å². The van der Waals surface area contributed by atoms with Gasteiger partial charge in [-0.25, -0.2) is 4.98 Å². The molecule has 170 valence electrons. The van der Waals surface area contributed by atoms with Gasteiger partial charge < -0.3 is 14.8 Å². The molecule has 0 aliphatic carbocycles. The van der Waals surface area contributed by atoms with E-state index in [-0.39, 0.29) is 12.5 Å². The number of alkyl halides is 3. The highest BCUT2D eigenvalue weighted by Crippen LogP contribution is 2.30. The maximum atomic E-state index is 12.9. The van der Waals surface area contributed by atoms with Crippen LogP contribution in [0.4, 0.5) is 13.2 Å². The van der Waals surface area contributed by atoms with Crippen LogP contribution in [0.5, 0.6) is 0 Å². The van der Waals surface area contributed by atoms with Gasteiger partial charge in [-0.3, -0.25) is 4.79 Å². The molecule has 9 heteroatoms. The van der Waals surface area contributed by atoms with Crippen LogP contribution in [0.15, 0.2) is 61.1 Å². The first-order valence-electron chi connectivity index (χ1n) is 10.5. The van der Waals surface area contributed by atoms with Crippen LogP contribution in [0.25, 0.3) is 0 Å². The summed E-state index contributed by atoms with van der Waals surface area (Å²) in [5.74, 6) is -0.120. The minimum atomic E-state index is -4.41. The van der Waals surface area contributed by atoms with Crippen molar-refractivity contribution in [3.05, 3.63) is 89.0 Å². The van der Waals surface area contributed by atoms with Crippen molar-refractivity contribution in [3.8, 4) is 6.07 Å². The van der Waals surface area contributed by atoms with E-state index in [1.54, 1.807) is 35.6 Å². The Morgan fingerprint density at radius 2 is 1.91 bits per heavy atom. The third kappa shape index (κ3) is 5.41. The van der Waals surface area contributed by atoms with Gasteiger partial charge >= 0.3 is 6.18 Å². The van der Waals surface area contributed by atoms with Gasteiger partial charge in [0.05, 0.1) is 35.3 Å². The van der Waals surface area contributed by atoms with Crippen molar-refractivity contribution in [2.24, 2.45) is 0 Å².